The minimum absolute atomic E-state index is 0.0656. The Morgan fingerprint density at radius 2 is 2.23 bits per heavy atom. The molecule has 2 nitrogen and oxygen atoms in total. The molecule has 2 rings (SSSR count). The normalized spacial score (nSPS) is 13.5. The predicted molar refractivity (Wildman–Crippen MR) is 58.6 cm³/mol. The lowest BCUT2D eigenvalue weighted by Crippen LogP contribution is -2.04. The van der Waals surface area contributed by atoms with E-state index in [1.165, 1.54) is 10.9 Å². The summed E-state index contributed by atoms with van der Waals surface area (Å²) in [5.41, 5.74) is 8.17. The standard InChI is InChI=1S/C10H11BrN2/c1-6(12)7-3-2-4-9-10(7)8(11)5-13-9/h2-6,13H,12H2,1H3. The fraction of sp³-hybridized carbons (Fsp3) is 0.200. The highest BCUT2D eigenvalue weighted by atomic mass is 79.9. The van der Waals surface area contributed by atoms with Crippen molar-refractivity contribution in [3.8, 4) is 0 Å². The molecule has 0 radical (unpaired) electrons. The van der Waals surface area contributed by atoms with Crippen LogP contribution in [-0.4, -0.2) is 4.98 Å². The van der Waals surface area contributed by atoms with Crippen molar-refractivity contribution in [2.75, 3.05) is 0 Å². The minimum Gasteiger partial charge on any atom is -0.360 e. The van der Waals surface area contributed by atoms with Crippen molar-refractivity contribution >= 4 is 26.8 Å². The summed E-state index contributed by atoms with van der Waals surface area (Å²) in [4.78, 5) is 3.18. The van der Waals surface area contributed by atoms with Gasteiger partial charge in [-0.25, -0.2) is 0 Å². The van der Waals surface area contributed by atoms with Crippen LogP contribution < -0.4 is 5.73 Å². The molecule has 0 aliphatic heterocycles. The molecule has 0 bridgehead atoms. The van der Waals surface area contributed by atoms with Gasteiger partial charge in [0.2, 0.25) is 0 Å². The molecule has 0 amide bonds. The monoisotopic (exact) mass is 238 g/mol. The molecule has 0 fully saturated rings. The lowest BCUT2D eigenvalue weighted by Gasteiger charge is -2.07. The molecular weight excluding hydrogens is 228 g/mol. The summed E-state index contributed by atoms with van der Waals surface area (Å²) in [6.07, 6.45) is 1.94. The summed E-state index contributed by atoms with van der Waals surface area (Å²) in [7, 11) is 0. The van der Waals surface area contributed by atoms with Gasteiger partial charge in [0.15, 0.2) is 0 Å². The van der Waals surface area contributed by atoms with Crippen LogP contribution in [0.5, 0.6) is 0 Å². The van der Waals surface area contributed by atoms with Crippen LogP contribution in [0.25, 0.3) is 10.9 Å². The molecule has 0 aliphatic carbocycles. The highest BCUT2D eigenvalue weighted by Crippen LogP contribution is 2.29. The van der Waals surface area contributed by atoms with Crippen molar-refractivity contribution < 1.29 is 0 Å². The van der Waals surface area contributed by atoms with Gasteiger partial charge in [-0.2, -0.15) is 0 Å². The topological polar surface area (TPSA) is 41.8 Å². The Hall–Kier alpha value is -0.800. The summed E-state index contributed by atoms with van der Waals surface area (Å²) in [5.74, 6) is 0. The largest absolute Gasteiger partial charge is 0.360 e. The summed E-state index contributed by atoms with van der Waals surface area (Å²) >= 11 is 3.50. The van der Waals surface area contributed by atoms with E-state index in [0.717, 1.165) is 9.99 Å². The SMILES string of the molecule is CC(N)c1cccc2[nH]cc(Br)c12. The van der Waals surface area contributed by atoms with Gasteiger partial charge in [-0.05, 0) is 34.5 Å². The highest BCUT2D eigenvalue weighted by molar-refractivity contribution is 9.10. The maximum atomic E-state index is 5.87. The van der Waals surface area contributed by atoms with E-state index < -0.39 is 0 Å². The fourth-order valence-electron chi connectivity index (χ4n) is 1.55. The number of hydrogen-bond donors (Lipinski definition) is 2. The number of halogens is 1. The molecule has 1 atom stereocenters. The molecule has 3 heteroatoms. The molecule has 13 heavy (non-hydrogen) atoms. The van der Waals surface area contributed by atoms with Crippen LogP contribution in [0.1, 0.15) is 18.5 Å². The lowest BCUT2D eigenvalue weighted by atomic mass is 10.1. The van der Waals surface area contributed by atoms with Crippen LogP contribution in [0.3, 0.4) is 0 Å². The third-order valence-corrected chi connectivity index (χ3v) is 2.81. The van der Waals surface area contributed by atoms with E-state index in [2.05, 4.69) is 27.0 Å². The van der Waals surface area contributed by atoms with Crippen molar-refractivity contribution in [3.63, 3.8) is 0 Å². The average molecular weight is 239 g/mol. The van der Waals surface area contributed by atoms with Gasteiger partial charge in [0, 0.05) is 27.6 Å². The molecule has 2 aromatic rings. The number of rotatable bonds is 1. The van der Waals surface area contributed by atoms with Gasteiger partial charge in [0.25, 0.3) is 0 Å². The van der Waals surface area contributed by atoms with Crippen molar-refractivity contribution in [1.29, 1.82) is 0 Å². The third kappa shape index (κ3) is 1.38. The second kappa shape index (κ2) is 3.16. The zero-order valence-corrected chi connectivity index (χ0v) is 8.93. The molecule has 1 heterocycles. The summed E-state index contributed by atoms with van der Waals surface area (Å²) in [6, 6.07) is 6.19. The first kappa shape index (κ1) is 8.78. The maximum absolute atomic E-state index is 5.87. The molecular formula is C10H11BrN2. The van der Waals surface area contributed by atoms with E-state index in [4.69, 9.17) is 5.73 Å². The van der Waals surface area contributed by atoms with Gasteiger partial charge in [-0.15, -0.1) is 0 Å². The molecule has 0 saturated carbocycles. The number of fused-ring (bicyclic) bond motifs is 1. The molecule has 3 N–H and O–H groups in total. The Bertz CT molecular complexity index is 431. The minimum atomic E-state index is 0.0656. The van der Waals surface area contributed by atoms with Gasteiger partial charge in [0.05, 0.1) is 0 Å². The highest BCUT2D eigenvalue weighted by Gasteiger charge is 2.08. The van der Waals surface area contributed by atoms with Crippen molar-refractivity contribution in [2.45, 2.75) is 13.0 Å². The summed E-state index contributed by atoms with van der Waals surface area (Å²) in [6.45, 7) is 1.99. The predicted octanol–water partition coefficient (Wildman–Crippen LogP) is 2.95. The molecule has 0 saturated heterocycles. The Balaban J connectivity index is 2.80. The maximum Gasteiger partial charge on any atom is 0.0469 e. The zero-order chi connectivity index (χ0) is 9.42. The van der Waals surface area contributed by atoms with Crippen LogP contribution in [0.15, 0.2) is 28.9 Å². The number of aromatic amines is 1. The first-order valence-electron chi connectivity index (χ1n) is 4.21. The van der Waals surface area contributed by atoms with Crippen LogP contribution in [0.2, 0.25) is 0 Å². The third-order valence-electron chi connectivity index (χ3n) is 2.18. The van der Waals surface area contributed by atoms with Crippen molar-refractivity contribution in [2.24, 2.45) is 5.73 Å². The van der Waals surface area contributed by atoms with Crippen molar-refractivity contribution in [1.82, 2.24) is 4.98 Å². The number of aromatic nitrogens is 1. The average Bonchev–Trinajstić information content (AvgIpc) is 2.48. The number of hydrogen-bond acceptors (Lipinski definition) is 1. The van der Waals surface area contributed by atoms with Gasteiger partial charge >= 0.3 is 0 Å². The molecule has 1 aromatic heterocycles. The number of benzene rings is 1. The van der Waals surface area contributed by atoms with Crippen molar-refractivity contribution in [3.05, 3.63) is 34.4 Å². The van der Waals surface area contributed by atoms with E-state index in [9.17, 15) is 0 Å². The van der Waals surface area contributed by atoms with Crippen LogP contribution in [0, 0.1) is 0 Å². The Labute approximate surface area is 85.3 Å². The van der Waals surface area contributed by atoms with E-state index in [-0.39, 0.29) is 6.04 Å². The number of H-pyrrole nitrogens is 1. The molecule has 68 valence electrons. The second-order valence-electron chi connectivity index (χ2n) is 3.20. The first-order valence-corrected chi connectivity index (χ1v) is 5.00. The Morgan fingerprint density at radius 1 is 1.46 bits per heavy atom. The Kier molecular flexibility index (Phi) is 2.14. The quantitative estimate of drug-likeness (QED) is 0.789. The van der Waals surface area contributed by atoms with Crippen LogP contribution in [-0.2, 0) is 0 Å². The van der Waals surface area contributed by atoms with Gasteiger partial charge in [0.1, 0.15) is 0 Å². The van der Waals surface area contributed by atoms with Gasteiger partial charge in [-0.1, -0.05) is 12.1 Å². The summed E-state index contributed by atoms with van der Waals surface area (Å²) in [5, 5.41) is 1.19. The molecule has 0 spiro atoms. The van der Waals surface area contributed by atoms with E-state index >= 15 is 0 Å². The van der Waals surface area contributed by atoms with E-state index in [0.29, 0.717) is 0 Å². The summed E-state index contributed by atoms with van der Waals surface area (Å²) < 4.78 is 1.08. The van der Waals surface area contributed by atoms with E-state index in [1.807, 2.05) is 25.3 Å². The van der Waals surface area contributed by atoms with Crippen LogP contribution in [0.4, 0.5) is 0 Å². The molecule has 1 aromatic carbocycles. The first-order chi connectivity index (χ1) is 6.20. The van der Waals surface area contributed by atoms with Gasteiger partial charge in [-0.3, -0.25) is 0 Å². The molecule has 0 aliphatic rings. The smallest absolute Gasteiger partial charge is 0.0469 e. The zero-order valence-electron chi connectivity index (χ0n) is 7.34. The number of nitrogens with two attached hydrogens (primary N) is 1. The molecule has 1 unspecified atom stereocenters. The van der Waals surface area contributed by atoms with Crippen LogP contribution >= 0.6 is 15.9 Å². The second-order valence-corrected chi connectivity index (χ2v) is 4.05. The number of nitrogens with one attached hydrogen (secondary N) is 1. The lowest BCUT2D eigenvalue weighted by molar-refractivity contribution is 0.826. The van der Waals surface area contributed by atoms with Gasteiger partial charge < -0.3 is 10.7 Å². The van der Waals surface area contributed by atoms with E-state index in [1.54, 1.807) is 0 Å². The Morgan fingerprint density at radius 3 is 2.92 bits per heavy atom. The fourth-order valence-corrected chi connectivity index (χ4v) is 2.11.